The Kier molecular flexibility index (Phi) is 4.15. The van der Waals surface area contributed by atoms with Crippen LogP contribution in [-0.2, 0) is 11.3 Å². The molecule has 0 radical (unpaired) electrons. The molecule has 0 aliphatic carbocycles. The van der Waals surface area contributed by atoms with Crippen molar-refractivity contribution in [2.75, 3.05) is 12.8 Å². The van der Waals surface area contributed by atoms with Gasteiger partial charge in [0.15, 0.2) is 0 Å². The summed E-state index contributed by atoms with van der Waals surface area (Å²) in [6.45, 7) is 4.80. The van der Waals surface area contributed by atoms with Gasteiger partial charge in [0.2, 0.25) is 5.43 Å². The molecule has 16 heavy (non-hydrogen) atoms. The highest BCUT2D eigenvalue weighted by Gasteiger charge is 2.15. The molecule has 1 heterocycles. The molecule has 0 fully saturated rings. The smallest absolute Gasteiger partial charge is 0.218 e. The van der Waals surface area contributed by atoms with Crippen LogP contribution >= 0.6 is 15.9 Å². The number of anilines is 1. The van der Waals surface area contributed by atoms with Crippen molar-refractivity contribution in [3.8, 4) is 0 Å². The van der Waals surface area contributed by atoms with Gasteiger partial charge in [-0.15, -0.1) is 0 Å². The van der Waals surface area contributed by atoms with E-state index in [0.717, 1.165) is 13.0 Å². The first kappa shape index (κ1) is 13.3. The van der Waals surface area contributed by atoms with Crippen molar-refractivity contribution < 1.29 is 4.74 Å². The van der Waals surface area contributed by atoms with Gasteiger partial charge < -0.3 is 15.0 Å². The highest BCUT2D eigenvalue weighted by atomic mass is 79.9. The lowest BCUT2D eigenvalue weighted by Crippen LogP contribution is -2.25. The number of nitrogens with two attached hydrogens (primary N) is 1. The normalized spacial score (nSPS) is 11.8. The van der Waals surface area contributed by atoms with Gasteiger partial charge in [0, 0.05) is 26.0 Å². The van der Waals surface area contributed by atoms with E-state index in [4.69, 9.17) is 10.5 Å². The average molecular weight is 289 g/mol. The number of nitrogens with zero attached hydrogens (tertiary/aromatic N) is 1. The predicted molar refractivity (Wildman–Crippen MR) is 68.5 cm³/mol. The van der Waals surface area contributed by atoms with Crippen molar-refractivity contribution in [3.63, 3.8) is 0 Å². The quantitative estimate of drug-likeness (QED) is 0.922. The van der Waals surface area contributed by atoms with Crippen LogP contribution in [0.3, 0.4) is 0 Å². The standard InChI is InChI=1S/C11H17BrN2O2/c1-11(2,16-3)4-5-14-6-8(12)10(15)9(13)7-14/h6-7H,4-5,13H2,1-3H3. The van der Waals surface area contributed by atoms with Gasteiger partial charge in [-0.25, -0.2) is 0 Å². The third-order valence-electron chi connectivity index (χ3n) is 2.59. The molecule has 5 heteroatoms. The van der Waals surface area contributed by atoms with Crippen LogP contribution in [0.25, 0.3) is 0 Å². The first-order valence-electron chi connectivity index (χ1n) is 5.06. The average Bonchev–Trinajstić information content (AvgIpc) is 2.23. The van der Waals surface area contributed by atoms with Crippen LogP contribution < -0.4 is 11.2 Å². The number of halogens is 1. The fourth-order valence-electron chi connectivity index (χ4n) is 1.25. The van der Waals surface area contributed by atoms with E-state index >= 15 is 0 Å². The van der Waals surface area contributed by atoms with E-state index in [1.807, 2.05) is 18.4 Å². The molecule has 0 bridgehead atoms. The predicted octanol–water partition coefficient (Wildman–Crippen LogP) is 2.01. The highest BCUT2D eigenvalue weighted by Crippen LogP contribution is 2.15. The summed E-state index contributed by atoms with van der Waals surface area (Å²) in [5.41, 5.74) is 5.51. The lowest BCUT2D eigenvalue weighted by molar-refractivity contribution is 0.0120. The summed E-state index contributed by atoms with van der Waals surface area (Å²) >= 11 is 3.19. The fraction of sp³-hybridized carbons (Fsp3) is 0.545. The molecule has 0 amide bonds. The molecular formula is C11H17BrN2O2. The summed E-state index contributed by atoms with van der Waals surface area (Å²) in [5.74, 6) is 0. The number of ether oxygens (including phenoxy) is 1. The SMILES string of the molecule is COC(C)(C)CCn1cc(N)c(=O)c(Br)c1. The van der Waals surface area contributed by atoms with Crippen LogP contribution in [0.5, 0.6) is 0 Å². The number of nitrogen functional groups attached to an aromatic ring is 1. The summed E-state index contributed by atoms with van der Waals surface area (Å²) in [5, 5.41) is 0. The minimum atomic E-state index is -0.176. The Balaban J connectivity index is 2.80. The number of rotatable bonds is 4. The molecule has 1 aromatic heterocycles. The number of hydrogen-bond acceptors (Lipinski definition) is 3. The minimum Gasteiger partial charge on any atom is -0.394 e. The largest absolute Gasteiger partial charge is 0.394 e. The van der Waals surface area contributed by atoms with Crippen LogP contribution in [0.1, 0.15) is 20.3 Å². The molecule has 0 saturated heterocycles. The Morgan fingerprint density at radius 3 is 2.62 bits per heavy atom. The van der Waals surface area contributed by atoms with Crippen LogP contribution in [0, 0.1) is 0 Å². The first-order valence-corrected chi connectivity index (χ1v) is 5.85. The Hall–Kier alpha value is -0.810. The maximum atomic E-state index is 11.4. The zero-order chi connectivity index (χ0) is 12.3. The number of aromatic nitrogens is 1. The molecule has 1 rings (SSSR count). The van der Waals surface area contributed by atoms with Crippen molar-refractivity contribution in [2.45, 2.75) is 32.4 Å². The molecule has 90 valence electrons. The first-order chi connectivity index (χ1) is 7.35. The van der Waals surface area contributed by atoms with Gasteiger partial charge in [-0.1, -0.05) is 0 Å². The van der Waals surface area contributed by atoms with E-state index in [-0.39, 0.29) is 16.7 Å². The van der Waals surface area contributed by atoms with Gasteiger partial charge in [-0.3, -0.25) is 4.79 Å². The molecule has 0 saturated carbocycles. The van der Waals surface area contributed by atoms with Gasteiger partial charge >= 0.3 is 0 Å². The summed E-state index contributed by atoms with van der Waals surface area (Å²) in [7, 11) is 1.69. The molecule has 1 aromatic rings. The second-order valence-electron chi connectivity index (χ2n) is 4.34. The summed E-state index contributed by atoms with van der Waals surface area (Å²) in [6.07, 6.45) is 4.24. The second kappa shape index (κ2) is 5.01. The van der Waals surface area contributed by atoms with E-state index in [0.29, 0.717) is 4.47 Å². The van der Waals surface area contributed by atoms with Gasteiger partial charge in [-0.05, 0) is 36.2 Å². The lowest BCUT2D eigenvalue weighted by Gasteiger charge is -2.23. The minimum absolute atomic E-state index is 0.165. The van der Waals surface area contributed by atoms with E-state index < -0.39 is 0 Å². The molecule has 0 spiro atoms. The Bertz CT molecular complexity index is 400. The van der Waals surface area contributed by atoms with Crippen molar-refractivity contribution in [1.82, 2.24) is 4.57 Å². The summed E-state index contributed by atoms with van der Waals surface area (Å²) in [4.78, 5) is 11.4. The zero-order valence-corrected chi connectivity index (χ0v) is 11.4. The monoisotopic (exact) mass is 288 g/mol. The van der Waals surface area contributed by atoms with Gasteiger partial charge in [-0.2, -0.15) is 0 Å². The van der Waals surface area contributed by atoms with E-state index in [1.54, 1.807) is 19.5 Å². The van der Waals surface area contributed by atoms with Crippen molar-refractivity contribution >= 4 is 21.6 Å². The van der Waals surface area contributed by atoms with E-state index in [1.165, 1.54) is 0 Å². The summed E-state index contributed by atoms with van der Waals surface area (Å²) < 4.78 is 7.70. The van der Waals surface area contributed by atoms with Crippen molar-refractivity contribution in [2.24, 2.45) is 0 Å². The number of hydrogen-bond donors (Lipinski definition) is 1. The third-order valence-corrected chi connectivity index (χ3v) is 3.15. The molecule has 2 N–H and O–H groups in total. The molecule has 0 unspecified atom stereocenters. The molecule has 0 aliphatic heterocycles. The van der Waals surface area contributed by atoms with Crippen LogP contribution in [-0.4, -0.2) is 17.3 Å². The molecular weight excluding hydrogens is 272 g/mol. The van der Waals surface area contributed by atoms with Crippen molar-refractivity contribution in [3.05, 3.63) is 27.1 Å². The zero-order valence-electron chi connectivity index (χ0n) is 9.79. The molecule has 0 aromatic carbocycles. The second-order valence-corrected chi connectivity index (χ2v) is 5.20. The molecule has 0 atom stereocenters. The Morgan fingerprint density at radius 1 is 1.50 bits per heavy atom. The Labute approximate surface area is 104 Å². The van der Waals surface area contributed by atoms with Gasteiger partial charge in [0.25, 0.3) is 0 Å². The fourth-order valence-corrected chi connectivity index (χ4v) is 1.74. The van der Waals surface area contributed by atoms with Crippen LogP contribution in [0.2, 0.25) is 0 Å². The van der Waals surface area contributed by atoms with Crippen LogP contribution in [0.15, 0.2) is 21.7 Å². The van der Waals surface area contributed by atoms with Gasteiger partial charge in [0.05, 0.1) is 15.8 Å². The third kappa shape index (κ3) is 3.35. The van der Waals surface area contributed by atoms with Gasteiger partial charge in [0.1, 0.15) is 0 Å². The maximum absolute atomic E-state index is 11.4. The van der Waals surface area contributed by atoms with E-state index in [9.17, 15) is 4.79 Å². The topological polar surface area (TPSA) is 57.2 Å². The maximum Gasteiger partial charge on any atom is 0.218 e. The van der Waals surface area contributed by atoms with Crippen LogP contribution in [0.4, 0.5) is 5.69 Å². The molecule has 4 nitrogen and oxygen atoms in total. The number of aryl methyl sites for hydroxylation is 1. The van der Waals surface area contributed by atoms with E-state index in [2.05, 4.69) is 15.9 Å². The molecule has 0 aliphatic rings. The van der Waals surface area contributed by atoms with Crippen molar-refractivity contribution in [1.29, 1.82) is 0 Å². The number of methoxy groups -OCH3 is 1. The lowest BCUT2D eigenvalue weighted by atomic mass is 10.1. The highest BCUT2D eigenvalue weighted by molar-refractivity contribution is 9.10. The summed E-state index contributed by atoms with van der Waals surface area (Å²) in [6, 6.07) is 0. The Morgan fingerprint density at radius 2 is 2.12 bits per heavy atom. The number of pyridine rings is 1.